The zero-order valence-corrected chi connectivity index (χ0v) is 13.1. The van der Waals surface area contributed by atoms with Gasteiger partial charge in [-0.05, 0) is 52.3 Å². The summed E-state index contributed by atoms with van der Waals surface area (Å²) in [6, 6.07) is 4.33. The Kier molecular flexibility index (Phi) is 5.39. The van der Waals surface area contributed by atoms with Gasteiger partial charge in [-0.1, -0.05) is 17.7 Å². The fourth-order valence-electron chi connectivity index (χ4n) is 2.23. The van der Waals surface area contributed by atoms with E-state index in [0.29, 0.717) is 0 Å². The largest absolute Gasteiger partial charge is 0.496 e. The van der Waals surface area contributed by atoms with Crippen LogP contribution in [0.15, 0.2) is 12.1 Å². The Bertz CT molecular complexity index is 427. The summed E-state index contributed by atoms with van der Waals surface area (Å²) < 4.78 is 5.51. The lowest BCUT2D eigenvalue weighted by atomic mass is 10.0. The fourth-order valence-corrected chi connectivity index (χ4v) is 2.23. The third-order valence-electron chi connectivity index (χ3n) is 3.84. The summed E-state index contributed by atoms with van der Waals surface area (Å²) in [5.41, 5.74) is 3.49. The minimum absolute atomic E-state index is 0.160. The number of ether oxygens (including phenoxy) is 1. The number of aliphatic hydroxyl groups excluding tert-OH is 1. The van der Waals surface area contributed by atoms with Crippen molar-refractivity contribution in [1.82, 2.24) is 4.90 Å². The van der Waals surface area contributed by atoms with Crippen LogP contribution in [0.5, 0.6) is 5.75 Å². The Morgan fingerprint density at radius 2 is 1.89 bits per heavy atom. The van der Waals surface area contributed by atoms with E-state index in [1.165, 1.54) is 16.7 Å². The van der Waals surface area contributed by atoms with Crippen LogP contribution in [0.25, 0.3) is 0 Å². The number of aryl methyl sites for hydroxylation is 2. The standard InChI is InChI=1S/C16H27NO2/c1-12-9-13(2)15(19-6)14(10-12)7-8-17(5)16(3,4)11-18/h9-10,18H,7-8,11H2,1-6H3. The predicted octanol–water partition coefficient (Wildman–Crippen LogP) is 2.56. The van der Waals surface area contributed by atoms with Crippen molar-refractivity contribution in [2.24, 2.45) is 0 Å². The van der Waals surface area contributed by atoms with Crippen molar-refractivity contribution in [2.75, 3.05) is 27.3 Å². The van der Waals surface area contributed by atoms with E-state index in [1.807, 2.05) is 20.9 Å². The molecule has 0 bridgehead atoms. The maximum atomic E-state index is 9.38. The van der Waals surface area contributed by atoms with E-state index in [-0.39, 0.29) is 12.1 Å². The second-order valence-corrected chi connectivity index (χ2v) is 5.92. The van der Waals surface area contributed by atoms with Gasteiger partial charge in [0.2, 0.25) is 0 Å². The van der Waals surface area contributed by atoms with E-state index < -0.39 is 0 Å². The molecule has 3 nitrogen and oxygen atoms in total. The van der Waals surface area contributed by atoms with Crippen LogP contribution in [0.1, 0.15) is 30.5 Å². The van der Waals surface area contributed by atoms with Gasteiger partial charge in [-0.15, -0.1) is 0 Å². The maximum absolute atomic E-state index is 9.38. The van der Waals surface area contributed by atoms with Crippen molar-refractivity contribution in [3.05, 3.63) is 28.8 Å². The van der Waals surface area contributed by atoms with Crippen molar-refractivity contribution < 1.29 is 9.84 Å². The average Bonchev–Trinajstić information content (AvgIpc) is 2.35. The monoisotopic (exact) mass is 265 g/mol. The molecule has 0 heterocycles. The van der Waals surface area contributed by atoms with Gasteiger partial charge in [0.05, 0.1) is 13.7 Å². The van der Waals surface area contributed by atoms with E-state index in [9.17, 15) is 5.11 Å². The first kappa shape index (κ1) is 16.0. The Balaban J connectivity index is 2.83. The molecule has 0 aliphatic heterocycles. The van der Waals surface area contributed by atoms with Crippen LogP contribution in [0.2, 0.25) is 0 Å². The molecule has 0 aliphatic carbocycles. The van der Waals surface area contributed by atoms with Crippen molar-refractivity contribution in [3.8, 4) is 5.75 Å². The lowest BCUT2D eigenvalue weighted by Crippen LogP contribution is -2.45. The van der Waals surface area contributed by atoms with Crippen LogP contribution >= 0.6 is 0 Å². The molecule has 0 radical (unpaired) electrons. The number of hydrogen-bond acceptors (Lipinski definition) is 3. The fraction of sp³-hybridized carbons (Fsp3) is 0.625. The normalized spacial score (nSPS) is 12.0. The summed E-state index contributed by atoms with van der Waals surface area (Å²) >= 11 is 0. The molecule has 1 aromatic rings. The molecule has 0 atom stereocenters. The molecule has 3 heteroatoms. The van der Waals surface area contributed by atoms with E-state index in [1.54, 1.807) is 7.11 Å². The van der Waals surface area contributed by atoms with Crippen LogP contribution in [-0.2, 0) is 6.42 Å². The van der Waals surface area contributed by atoms with Gasteiger partial charge in [0.1, 0.15) is 5.75 Å². The van der Waals surface area contributed by atoms with Crippen LogP contribution in [0, 0.1) is 13.8 Å². The molecule has 0 amide bonds. The van der Waals surface area contributed by atoms with Gasteiger partial charge in [0.25, 0.3) is 0 Å². The number of nitrogens with zero attached hydrogens (tertiary/aromatic N) is 1. The van der Waals surface area contributed by atoms with Gasteiger partial charge in [-0.3, -0.25) is 4.90 Å². The summed E-state index contributed by atoms with van der Waals surface area (Å²) in [5.74, 6) is 0.987. The Morgan fingerprint density at radius 1 is 1.26 bits per heavy atom. The Morgan fingerprint density at radius 3 is 2.42 bits per heavy atom. The minimum atomic E-state index is -0.188. The molecule has 0 saturated carbocycles. The number of rotatable bonds is 6. The molecule has 108 valence electrons. The molecule has 0 aromatic heterocycles. The molecule has 0 saturated heterocycles. The summed E-state index contributed by atoms with van der Waals surface area (Å²) in [7, 11) is 3.77. The number of hydrogen-bond donors (Lipinski definition) is 1. The lowest BCUT2D eigenvalue weighted by molar-refractivity contribution is 0.0799. The van der Waals surface area contributed by atoms with Crippen molar-refractivity contribution in [1.29, 1.82) is 0 Å². The Hall–Kier alpha value is -1.06. The summed E-state index contributed by atoms with van der Waals surface area (Å²) in [4.78, 5) is 2.18. The van der Waals surface area contributed by atoms with Crippen LogP contribution in [-0.4, -0.2) is 42.9 Å². The highest BCUT2D eigenvalue weighted by molar-refractivity contribution is 5.43. The van der Waals surface area contributed by atoms with Gasteiger partial charge in [-0.2, -0.15) is 0 Å². The molecule has 0 unspecified atom stereocenters. The van der Waals surface area contributed by atoms with Gasteiger partial charge in [-0.25, -0.2) is 0 Å². The van der Waals surface area contributed by atoms with Gasteiger partial charge in [0, 0.05) is 12.1 Å². The first-order valence-electron chi connectivity index (χ1n) is 6.78. The van der Waals surface area contributed by atoms with E-state index in [4.69, 9.17) is 4.74 Å². The Labute approximate surface area is 117 Å². The lowest BCUT2D eigenvalue weighted by Gasteiger charge is -2.34. The highest BCUT2D eigenvalue weighted by Crippen LogP contribution is 2.26. The first-order chi connectivity index (χ1) is 8.81. The van der Waals surface area contributed by atoms with E-state index in [0.717, 1.165) is 18.7 Å². The summed E-state index contributed by atoms with van der Waals surface area (Å²) in [6.07, 6.45) is 0.922. The topological polar surface area (TPSA) is 32.7 Å². The third-order valence-corrected chi connectivity index (χ3v) is 3.84. The zero-order valence-electron chi connectivity index (χ0n) is 13.1. The molecule has 0 aliphatic rings. The molecule has 1 rings (SSSR count). The second kappa shape index (κ2) is 6.40. The maximum Gasteiger partial charge on any atom is 0.125 e. The smallest absolute Gasteiger partial charge is 0.125 e. The van der Waals surface area contributed by atoms with Crippen LogP contribution in [0.3, 0.4) is 0 Å². The SMILES string of the molecule is COc1c(C)cc(C)cc1CCN(C)C(C)(C)CO. The number of benzene rings is 1. The molecular formula is C16H27NO2. The van der Waals surface area contributed by atoms with Crippen molar-refractivity contribution in [3.63, 3.8) is 0 Å². The molecule has 1 N–H and O–H groups in total. The highest BCUT2D eigenvalue weighted by atomic mass is 16.5. The van der Waals surface area contributed by atoms with Gasteiger partial charge in [0.15, 0.2) is 0 Å². The average molecular weight is 265 g/mol. The number of methoxy groups -OCH3 is 1. The predicted molar refractivity (Wildman–Crippen MR) is 80.0 cm³/mol. The third kappa shape index (κ3) is 3.95. The zero-order chi connectivity index (χ0) is 14.6. The van der Waals surface area contributed by atoms with E-state index >= 15 is 0 Å². The molecule has 1 aromatic carbocycles. The molecule has 0 fully saturated rings. The van der Waals surface area contributed by atoms with Crippen molar-refractivity contribution in [2.45, 2.75) is 39.7 Å². The van der Waals surface area contributed by atoms with Crippen LogP contribution < -0.4 is 4.74 Å². The summed E-state index contributed by atoms with van der Waals surface area (Å²) in [5, 5.41) is 9.38. The quantitative estimate of drug-likeness (QED) is 0.858. The van der Waals surface area contributed by atoms with Crippen molar-refractivity contribution >= 4 is 0 Å². The highest BCUT2D eigenvalue weighted by Gasteiger charge is 2.22. The van der Waals surface area contributed by atoms with Gasteiger partial charge < -0.3 is 9.84 Å². The van der Waals surface area contributed by atoms with Crippen LogP contribution in [0.4, 0.5) is 0 Å². The second-order valence-electron chi connectivity index (χ2n) is 5.92. The number of likely N-dealkylation sites (N-methyl/N-ethyl adjacent to an activating group) is 1. The molecule has 19 heavy (non-hydrogen) atoms. The molecular weight excluding hydrogens is 238 g/mol. The first-order valence-corrected chi connectivity index (χ1v) is 6.78. The summed E-state index contributed by atoms with van der Waals surface area (Å²) in [6.45, 7) is 9.34. The van der Waals surface area contributed by atoms with Gasteiger partial charge >= 0.3 is 0 Å². The van der Waals surface area contributed by atoms with E-state index in [2.05, 4.69) is 30.9 Å². The minimum Gasteiger partial charge on any atom is -0.496 e. The number of aliphatic hydroxyl groups is 1. The molecule has 0 spiro atoms.